The quantitative estimate of drug-likeness (QED) is 0.656. The van der Waals surface area contributed by atoms with E-state index in [1.807, 2.05) is 20.8 Å². The Labute approximate surface area is 97.3 Å². The van der Waals surface area contributed by atoms with Gasteiger partial charge < -0.3 is 9.47 Å². The molecule has 0 saturated heterocycles. The Bertz CT molecular complexity index is 245. The Hall–Kier alpha value is -1.06. The lowest BCUT2D eigenvalue weighted by Crippen LogP contribution is -2.22. The summed E-state index contributed by atoms with van der Waals surface area (Å²) < 4.78 is 9.25. The molecule has 0 aromatic carbocycles. The summed E-state index contributed by atoms with van der Waals surface area (Å²) >= 11 is 0. The van der Waals surface area contributed by atoms with E-state index in [-0.39, 0.29) is 23.3 Å². The van der Waals surface area contributed by atoms with Gasteiger partial charge in [0.2, 0.25) is 0 Å². The number of ether oxygens (including phenoxy) is 2. The molecular formula is C12H22O4. The molecule has 0 fully saturated rings. The van der Waals surface area contributed by atoms with Gasteiger partial charge in [-0.1, -0.05) is 20.8 Å². The van der Waals surface area contributed by atoms with Crippen molar-refractivity contribution >= 4 is 11.9 Å². The molecule has 0 aromatic heterocycles. The van der Waals surface area contributed by atoms with Crippen LogP contribution in [0.25, 0.3) is 0 Å². The van der Waals surface area contributed by atoms with E-state index in [0.29, 0.717) is 12.8 Å². The van der Waals surface area contributed by atoms with E-state index in [1.165, 1.54) is 14.2 Å². The maximum atomic E-state index is 11.2. The second-order valence-corrected chi connectivity index (χ2v) is 5.01. The van der Waals surface area contributed by atoms with Gasteiger partial charge >= 0.3 is 11.9 Å². The van der Waals surface area contributed by atoms with Crippen molar-refractivity contribution in [2.24, 2.45) is 11.3 Å². The molecule has 0 aliphatic carbocycles. The lowest BCUT2D eigenvalue weighted by Gasteiger charge is -2.26. The lowest BCUT2D eigenvalue weighted by atomic mass is 9.80. The fraction of sp³-hybridized carbons (Fsp3) is 0.833. The van der Waals surface area contributed by atoms with Crippen LogP contribution in [0.3, 0.4) is 0 Å². The van der Waals surface area contributed by atoms with Gasteiger partial charge in [0.15, 0.2) is 0 Å². The van der Waals surface area contributed by atoms with Crippen LogP contribution in [-0.2, 0) is 19.1 Å². The topological polar surface area (TPSA) is 52.6 Å². The van der Waals surface area contributed by atoms with Gasteiger partial charge in [-0.25, -0.2) is 0 Å². The molecule has 0 aliphatic rings. The van der Waals surface area contributed by atoms with Gasteiger partial charge in [0.1, 0.15) is 0 Å². The summed E-state index contributed by atoms with van der Waals surface area (Å²) in [4.78, 5) is 22.2. The number of hydrogen-bond acceptors (Lipinski definition) is 4. The van der Waals surface area contributed by atoms with Gasteiger partial charge in [-0.2, -0.15) is 0 Å². The Kier molecular flexibility index (Phi) is 6.08. The SMILES string of the molecule is COC(=O)CC(C)CC(C)(C)CC(=O)OC. The first-order chi connectivity index (χ1) is 7.30. The molecule has 1 unspecified atom stereocenters. The Balaban J connectivity index is 4.14. The zero-order chi connectivity index (χ0) is 12.8. The van der Waals surface area contributed by atoms with Gasteiger partial charge in [0.25, 0.3) is 0 Å². The average molecular weight is 230 g/mol. The van der Waals surface area contributed by atoms with Crippen molar-refractivity contribution in [3.05, 3.63) is 0 Å². The van der Waals surface area contributed by atoms with Gasteiger partial charge in [0.05, 0.1) is 20.6 Å². The fourth-order valence-electron chi connectivity index (χ4n) is 1.92. The smallest absolute Gasteiger partial charge is 0.306 e. The third kappa shape index (κ3) is 6.43. The predicted molar refractivity (Wildman–Crippen MR) is 60.8 cm³/mol. The second kappa shape index (κ2) is 6.51. The molecule has 4 heteroatoms. The summed E-state index contributed by atoms with van der Waals surface area (Å²) in [6.07, 6.45) is 1.55. The highest BCUT2D eigenvalue weighted by molar-refractivity contribution is 5.70. The number of carbonyl (C=O) groups excluding carboxylic acids is 2. The van der Waals surface area contributed by atoms with Crippen LogP contribution in [0.2, 0.25) is 0 Å². The number of esters is 2. The highest BCUT2D eigenvalue weighted by Crippen LogP contribution is 2.30. The number of rotatable bonds is 6. The van der Waals surface area contributed by atoms with Crippen LogP contribution in [0.1, 0.15) is 40.0 Å². The first-order valence-corrected chi connectivity index (χ1v) is 5.44. The van der Waals surface area contributed by atoms with Crippen molar-refractivity contribution in [1.82, 2.24) is 0 Å². The Morgan fingerprint density at radius 3 is 2.06 bits per heavy atom. The van der Waals surface area contributed by atoms with E-state index in [9.17, 15) is 9.59 Å². The van der Waals surface area contributed by atoms with Gasteiger partial charge in [-0.15, -0.1) is 0 Å². The van der Waals surface area contributed by atoms with Crippen molar-refractivity contribution in [2.45, 2.75) is 40.0 Å². The summed E-state index contributed by atoms with van der Waals surface area (Å²) in [5, 5.41) is 0. The summed E-state index contributed by atoms with van der Waals surface area (Å²) in [7, 11) is 2.77. The van der Waals surface area contributed by atoms with Gasteiger partial charge in [-0.05, 0) is 17.8 Å². The first-order valence-electron chi connectivity index (χ1n) is 5.44. The fourth-order valence-corrected chi connectivity index (χ4v) is 1.92. The van der Waals surface area contributed by atoms with E-state index in [0.717, 1.165) is 6.42 Å². The maximum absolute atomic E-state index is 11.2. The summed E-state index contributed by atoms with van der Waals surface area (Å²) in [6, 6.07) is 0. The minimum atomic E-state index is -0.213. The van der Waals surface area contributed by atoms with Crippen LogP contribution in [0, 0.1) is 11.3 Å². The molecule has 0 radical (unpaired) electrons. The van der Waals surface area contributed by atoms with Crippen molar-refractivity contribution < 1.29 is 19.1 Å². The first kappa shape index (κ1) is 14.9. The summed E-state index contributed by atoms with van der Waals surface area (Å²) in [5.74, 6) is -0.219. The van der Waals surface area contributed by atoms with E-state index in [4.69, 9.17) is 0 Å². The van der Waals surface area contributed by atoms with Crippen LogP contribution in [-0.4, -0.2) is 26.2 Å². The van der Waals surface area contributed by atoms with E-state index in [1.54, 1.807) is 0 Å². The number of methoxy groups -OCH3 is 2. The van der Waals surface area contributed by atoms with Gasteiger partial charge in [0, 0.05) is 6.42 Å². The third-order valence-corrected chi connectivity index (χ3v) is 2.49. The molecule has 0 amide bonds. The standard InChI is InChI=1S/C12H22O4/c1-9(6-10(13)15-4)7-12(2,3)8-11(14)16-5/h9H,6-8H2,1-5H3. The monoisotopic (exact) mass is 230 g/mol. The molecule has 4 nitrogen and oxygen atoms in total. The zero-order valence-electron chi connectivity index (χ0n) is 10.8. The molecule has 16 heavy (non-hydrogen) atoms. The molecule has 0 spiro atoms. The van der Waals surface area contributed by atoms with E-state index < -0.39 is 0 Å². The largest absolute Gasteiger partial charge is 0.469 e. The predicted octanol–water partition coefficient (Wildman–Crippen LogP) is 2.17. The lowest BCUT2D eigenvalue weighted by molar-refractivity contribution is -0.143. The molecule has 0 aliphatic heterocycles. The molecule has 0 bridgehead atoms. The van der Waals surface area contributed by atoms with Crippen molar-refractivity contribution in [2.75, 3.05) is 14.2 Å². The molecule has 0 saturated carbocycles. The molecule has 94 valence electrons. The molecule has 0 rings (SSSR count). The minimum absolute atomic E-state index is 0.152. The Morgan fingerprint density at radius 1 is 1.12 bits per heavy atom. The minimum Gasteiger partial charge on any atom is -0.469 e. The van der Waals surface area contributed by atoms with Crippen LogP contribution < -0.4 is 0 Å². The zero-order valence-corrected chi connectivity index (χ0v) is 10.8. The van der Waals surface area contributed by atoms with Gasteiger partial charge in [-0.3, -0.25) is 9.59 Å². The molecule has 0 aromatic rings. The third-order valence-electron chi connectivity index (χ3n) is 2.49. The maximum Gasteiger partial charge on any atom is 0.306 e. The van der Waals surface area contributed by atoms with Crippen molar-refractivity contribution in [3.63, 3.8) is 0 Å². The van der Waals surface area contributed by atoms with Crippen LogP contribution in [0.5, 0.6) is 0 Å². The van der Waals surface area contributed by atoms with Crippen molar-refractivity contribution in [3.8, 4) is 0 Å². The highest BCUT2D eigenvalue weighted by Gasteiger charge is 2.26. The average Bonchev–Trinajstić information content (AvgIpc) is 2.15. The van der Waals surface area contributed by atoms with Crippen LogP contribution >= 0.6 is 0 Å². The molecule has 0 N–H and O–H groups in total. The molecule has 1 atom stereocenters. The number of carbonyl (C=O) groups is 2. The van der Waals surface area contributed by atoms with E-state index in [2.05, 4.69) is 9.47 Å². The normalized spacial score (nSPS) is 13.1. The molecular weight excluding hydrogens is 208 g/mol. The van der Waals surface area contributed by atoms with Crippen LogP contribution in [0.4, 0.5) is 0 Å². The second-order valence-electron chi connectivity index (χ2n) is 5.01. The van der Waals surface area contributed by atoms with Crippen LogP contribution in [0.15, 0.2) is 0 Å². The Morgan fingerprint density at radius 2 is 1.62 bits per heavy atom. The summed E-state index contributed by atoms with van der Waals surface area (Å²) in [6.45, 7) is 5.98. The number of hydrogen-bond donors (Lipinski definition) is 0. The van der Waals surface area contributed by atoms with Crippen molar-refractivity contribution in [1.29, 1.82) is 0 Å². The summed E-state index contributed by atoms with van der Waals surface area (Å²) in [5.41, 5.74) is -0.152. The van der Waals surface area contributed by atoms with E-state index >= 15 is 0 Å². The molecule has 0 heterocycles. The highest BCUT2D eigenvalue weighted by atomic mass is 16.5.